The van der Waals surface area contributed by atoms with E-state index in [9.17, 15) is 18.0 Å². The molecule has 0 saturated carbocycles. The summed E-state index contributed by atoms with van der Waals surface area (Å²) < 4.78 is 47.6. The third-order valence-corrected chi connectivity index (χ3v) is 6.62. The highest BCUT2D eigenvalue weighted by Crippen LogP contribution is 2.35. The number of amides is 1. The van der Waals surface area contributed by atoms with E-state index >= 15 is 0 Å². The van der Waals surface area contributed by atoms with Gasteiger partial charge in [0.2, 0.25) is 0 Å². The highest BCUT2D eigenvalue weighted by Gasteiger charge is 2.33. The first-order valence-corrected chi connectivity index (χ1v) is 12.7. The number of imidazole rings is 1. The Labute approximate surface area is 232 Å². The zero-order valence-corrected chi connectivity index (χ0v) is 22.0. The lowest BCUT2D eigenvalue weighted by molar-refractivity contribution is -0.137. The maximum absolute atomic E-state index is 13.3. The maximum atomic E-state index is 13.3. The lowest BCUT2D eigenvalue weighted by atomic mass is 10.1. The first-order valence-electron chi connectivity index (χ1n) is 12.3. The van der Waals surface area contributed by atoms with E-state index in [4.69, 9.17) is 16.3 Å². The number of aryl methyl sites for hydroxylation is 1. The van der Waals surface area contributed by atoms with Crippen LogP contribution in [-0.2, 0) is 26.1 Å². The topological polar surface area (TPSA) is 81.9 Å². The van der Waals surface area contributed by atoms with Crippen molar-refractivity contribution in [1.82, 2.24) is 24.8 Å². The smallest absolute Gasteiger partial charge is 0.417 e. The van der Waals surface area contributed by atoms with Crippen molar-refractivity contribution in [2.24, 2.45) is 7.05 Å². The molecule has 0 fully saturated rings. The summed E-state index contributed by atoms with van der Waals surface area (Å²) in [6.45, 7) is 0.446. The van der Waals surface area contributed by atoms with Crippen LogP contribution in [0.25, 0.3) is 11.0 Å². The summed E-state index contributed by atoms with van der Waals surface area (Å²) >= 11 is 5.75. The molecule has 1 amide bonds. The number of fused-ring (bicyclic) bond motifs is 1. The molecule has 3 aromatic heterocycles. The predicted molar refractivity (Wildman–Crippen MR) is 145 cm³/mol. The van der Waals surface area contributed by atoms with Gasteiger partial charge in [0.15, 0.2) is 0 Å². The van der Waals surface area contributed by atoms with Gasteiger partial charge in [0, 0.05) is 50.7 Å². The minimum absolute atomic E-state index is 0.186. The van der Waals surface area contributed by atoms with E-state index in [-0.39, 0.29) is 23.0 Å². The van der Waals surface area contributed by atoms with Crippen molar-refractivity contribution in [3.8, 4) is 11.5 Å². The van der Waals surface area contributed by atoms with Gasteiger partial charge in [-0.15, -0.1) is 0 Å². The van der Waals surface area contributed by atoms with Crippen LogP contribution in [0.5, 0.6) is 11.5 Å². The van der Waals surface area contributed by atoms with Gasteiger partial charge >= 0.3 is 6.18 Å². The van der Waals surface area contributed by atoms with Crippen molar-refractivity contribution in [3.05, 3.63) is 112 Å². The van der Waals surface area contributed by atoms with E-state index in [0.717, 1.165) is 17.1 Å². The standard InChI is InChI=1S/C29H23ClF3N5O2/c1-38-26-5-3-20(16-24(26)37-27(38)15-19-2-4-23(30)22(14-19)29(31,32)33)40-21-9-13-35-25(17-21)28(39)36-12-8-18-6-10-34-11-7-18/h2-7,9-11,13-14,16-17H,8,12,15H2,1H3,(H,36,39). The molecule has 0 aliphatic heterocycles. The van der Waals surface area contributed by atoms with E-state index < -0.39 is 11.7 Å². The van der Waals surface area contributed by atoms with Crippen molar-refractivity contribution >= 4 is 28.5 Å². The van der Waals surface area contributed by atoms with E-state index in [1.54, 1.807) is 49.8 Å². The molecule has 0 bridgehead atoms. The number of hydrogen-bond donors (Lipinski definition) is 1. The van der Waals surface area contributed by atoms with Crippen LogP contribution in [0.15, 0.2) is 79.3 Å². The molecule has 5 rings (SSSR count). The highest BCUT2D eigenvalue weighted by atomic mass is 35.5. The quantitative estimate of drug-likeness (QED) is 0.236. The second-order valence-electron chi connectivity index (χ2n) is 9.07. The number of carbonyl (C=O) groups excluding carboxylic acids is 1. The number of rotatable bonds is 8. The molecule has 0 unspecified atom stereocenters. The van der Waals surface area contributed by atoms with Crippen molar-refractivity contribution < 1.29 is 22.7 Å². The van der Waals surface area contributed by atoms with E-state index in [0.29, 0.717) is 41.4 Å². The second-order valence-corrected chi connectivity index (χ2v) is 9.47. The third-order valence-electron chi connectivity index (χ3n) is 6.29. The number of halogens is 4. The van der Waals surface area contributed by atoms with Crippen LogP contribution >= 0.6 is 11.6 Å². The fourth-order valence-corrected chi connectivity index (χ4v) is 4.45. The number of nitrogens with one attached hydrogen (secondary N) is 1. The van der Waals surface area contributed by atoms with Crippen molar-refractivity contribution in [2.45, 2.75) is 19.0 Å². The van der Waals surface area contributed by atoms with Gasteiger partial charge in [0.1, 0.15) is 23.0 Å². The highest BCUT2D eigenvalue weighted by molar-refractivity contribution is 6.31. The minimum atomic E-state index is -4.54. The molecule has 0 radical (unpaired) electrons. The molecule has 1 N–H and O–H groups in total. The number of nitrogens with zero attached hydrogens (tertiary/aromatic N) is 4. The fourth-order valence-electron chi connectivity index (χ4n) is 4.23. The molecule has 11 heteroatoms. The van der Waals surface area contributed by atoms with Gasteiger partial charge in [-0.1, -0.05) is 17.7 Å². The zero-order valence-electron chi connectivity index (χ0n) is 21.2. The Morgan fingerprint density at radius 3 is 2.52 bits per heavy atom. The summed E-state index contributed by atoms with van der Waals surface area (Å²) in [7, 11) is 1.80. The van der Waals surface area contributed by atoms with Gasteiger partial charge in [-0.2, -0.15) is 13.2 Å². The van der Waals surface area contributed by atoms with Crippen LogP contribution in [0.4, 0.5) is 13.2 Å². The normalized spacial score (nSPS) is 11.5. The predicted octanol–water partition coefficient (Wildman–Crippen LogP) is 6.39. The number of ether oxygens (including phenoxy) is 1. The molecule has 7 nitrogen and oxygen atoms in total. The second kappa shape index (κ2) is 11.4. The van der Waals surface area contributed by atoms with Gasteiger partial charge in [-0.3, -0.25) is 14.8 Å². The Balaban J connectivity index is 1.28. The molecular weight excluding hydrogens is 543 g/mol. The number of aromatic nitrogens is 4. The molecule has 5 aromatic rings. The number of pyridine rings is 2. The SMILES string of the molecule is Cn1c(Cc2ccc(Cl)c(C(F)(F)F)c2)nc2cc(Oc3ccnc(C(=O)NCCc4ccncc4)c3)ccc21. The molecule has 2 aromatic carbocycles. The monoisotopic (exact) mass is 565 g/mol. The van der Waals surface area contributed by atoms with Gasteiger partial charge in [-0.05, 0) is 60.0 Å². The molecule has 0 spiro atoms. The van der Waals surface area contributed by atoms with Crippen molar-refractivity contribution in [2.75, 3.05) is 6.54 Å². The van der Waals surface area contributed by atoms with Gasteiger partial charge < -0.3 is 14.6 Å². The molecular formula is C29H23ClF3N5O2. The van der Waals surface area contributed by atoms with Crippen molar-refractivity contribution in [1.29, 1.82) is 0 Å². The Kier molecular flexibility index (Phi) is 7.70. The number of alkyl halides is 3. The van der Waals surface area contributed by atoms with Gasteiger partial charge in [0.05, 0.1) is 21.6 Å². The Morgan fingerprint density at radius 2 is 1.75 bits per heavy atom. The van der Waals surface area contributed by atoms with Gasteiger partial charge in [0.25, 0.3) is 5.91 Å². The summed E-state index contributed by atoms with van der Waals surface area (Å²) in [6, 6.07) is 16.1. The van der Waals surface area contributed by atoms with E-state index in [2.05, 4.69) is 20.3 Å². The lowest BCUT2D eigenvalue weighted by Gasteiger charge is -2.11. The Hall–Kier alpha value is -4.44. The van der Waals surface area contributed by atoms with Crippen LogP contribution in [0.2, 0.25) is 5.02 Å². The first-order chi connectivity index (χ1) is 19.2. The summed E-state index contributed by atoms with van der Waals surface area (Å²) in [5.41, 5.74) is 2.25. The number of hydrogen-bond acceptors (Lipinski definition) is 5. The van der Waals surface area contributed by atoms with E-state index in [1.165, 1.54) is 12.3 Å². The third kappa shape index (κ3) is 6.23. The fraction of sp³-hybridized carbons (Fsp3) is 0.172. The maximum Gasteiger partial charge on any atom is 0.417 e. The van der Waals surface area contributed by atoms with Crippen molar-refractivity contribution in [3.63, 3.8) is 0 Å². The molecule has 0 aliphatic rings. The van der Waals surface area contributed by atoms with Crippen LogP contribution in [0.1, 0.15) is 33.0 Å². The molecule has 204 valence electrons. The zero-order chi connectivity index (χ0) is 28.3. The Bertz CT molecular complexity index is 1670. The molecule has 0 saturated heterocycles. The lowest BCUT2D eigenvalue weighted by Crippen LogP contribution is -2.26. The number of benzene rings is 2. The van der Waals surface area contributed by atoms with Crippen LogP contribution < -0.4 is 10.1 Å². The largest absolute Gasteiger partial charge is 0.457 e. The van der Waals surface area contributed by atoms with Gasteiger partial charge in [-0.25, -0.2) is 4.98 Å². The average Bonchev–Trinajstić information content (AvgIpc) is 3.23. The first kappa shape index (κ1) is 27.1. The summed E-state index contributed by atoms with van der Waals surface area (Å²) in [4.78, 5) is 25.3. The van der Waals surface area contributed by atoms with E-state index in [1.807, 2.05) is 22.8 Å². The van der Waals surface area contributed by atoms with Crippen LogP contribution in [-0.4, -0.2) is 32.0 Å². The summed E-state index contributed by atoms with van der Waals surface area (Å²) in [6.07, 6.45) is 1.21. The average molecular weight is 566 g/mol. The molecule has 3 heterocycles. The molecule has 0 atom stereocenters. The summed E-state index contributed by atoms with van der Waals surface area (Å²) in [5, 5.41) is 2.50. The Morgan fingerprint density at radius 1 is 0.975 bits per heavy atom. The number of carbonyl (C=O) groups is 1. The van der Waals surface area contributed by atoms with Crippen LogP contribution in [0, 0.1) is 0 Å². The van der Waals surface area contributed by atoms with Crippen LogP contribution in [0.3, 0.4) is 0 Å². The minimum Gasteiger partial charge on any atom is -0.457 e. The molecule has 0 aliphatic carbocycles. The molecule has 40 heavy (non-hydrogen) atoms. The summed E-state index contributed by atoms with van der Waals surface area (Å²) in [5.74, 6) is 1.17.